The van der Waals surface area contributed by atoms with Gasteiger partial charge in [0.2, 0.25) is 0 Å². The van der Waals surface area contributed by atoms with Crippen LogP contribution in [0.1, 0.15) is 19.8 Å². The van der Waals surface area contributed by atoms with Crippen LogP contribution in [0.4, 0.5) is 17.3 Å². The number of hydrogen-bond acceptors (Lipinski definition) is 8. The summed E-state index contributed by atoms with van der Waals surface area (Å²) in [6.07, 6.45) is 2.94. The molecule has 1 aromatic heterocycles. The van der Waals surface area contributed by atoms with Crippen LogP contribution in [-0.4, -0.2) is 60.9 Å². The van der Waals surface area contributed by atoms with Crippen LogP contribution in [0, 0.1) is 5.92 Å². The number of carbonyl (C=O) groups excluding carboxylic acids is 1. The maximum Gasteiger partial charge on any atom is 0.308 e. The molecule has 1 fully saturated rings. The molecule has 8 heteroatoms. The van der Waals surface area contributed by atoms with Crippen molar-refractivity contribution in [3.8, 4) is 0 Å². The monoisotopic (exact) mass is 323 g/mol. The second-order valence-corrected chi connectivity index (χ2v) is 5.52. The third-order valence-electron chi connectivity index (χ3n) is 4.22. The number of nitrogens with zero attached hydrogens (tertiary/aromatic N) is 4. The van der Waals surface area contributed by atoms with Gasteiger partial charge in [-0.1, -0.05) is 0 Å². The zero-order valence-electron chi connectivity index (χ0n) is 13.7. The quantitative estimate of drug-likeness (QED) is 0.719. The summed E-state index contributed by atoms with van der Waals surface area (Å²) in [4.78, 5) is 24.2. The highest BCUT2D eigenvalue weighted by molar-refractivity contribution is 5.76. The van der Waals surface area contributed by atoms with Crippen molar-refractivity contribution in [3.63, 3.8) is 0 Å². The summed E-state index contributed by atoms with van der Waals surface area (Å²) < 4.78 is 4.81. The zero-order chi connectivity index (χ0) is 16.8. The minimum absolute atomic E-state index is 0.0388. The van der Waals surface area contributed by atoms with Crippen molar-refractivity contribution in [2.75, 3.05) is 55.4 Å². The Morgan fingerprint density at radius 2 is 2.17 bits per heavy atom. The number of anilines is 3. The van der Waals surface area contributed by atoms with Crippen LogP contribution >= 0.6 is 0 Å². The van der Waals surface area contributed by atoms with Gasteiger partial charge in [-0.2, -0.15) is 0 Å². The highest BCUT2D eigenvalue weighted by Gasteiger charge is 2.28. The van der Waals surface area contributed by atoms with E-state index in [-0.39, 0.29) is 18.5 Å². The molecule has 1 aromatic rings. The maximum atomic E-state index is 11.6. The first-order valence-corrected chi connectivity index (χ1v) is 7.91. The topological polar surface area (TPSA) is 105 Å². The summed E-state index contributed by atoms with van der Waals surface area (Å²) in [5.74, 6) is 1.12. The van der Waals surface area contributed by atoms with Crippen molar-refractivity contribution in [1.82, 2.24) is 9.97 Å². The molecule has 1 saturated heterocycles. The Bertz CT molecular complexity index is 532. The van der Waals surface area contributed by atoms with Gasteiger partial charge in [0.05, 0.1) is 19.6 Å². The lowest BCUT2D eigenvalue weighted by Gasteiger charge is -2.33. The van der Waals surface area contributed by atoms with Crippen LogP contribution in [0.3, 0.4) is 0 Å². The van der Waals surface area contributed by atoms with E-state index in [1.165, 1.54) is 13.4 Å². The standard InChI is InChI=1S/C15H25N5O3/c1-3-19(8-9-21)13-12(16)14(18-10-17-13)20-6-4-11(5-7-20)15(22)23-2/h10-11,21H,3-9,16H2,1-2H3. The van der Waals surface area contributed by atoms with E-state index in [9.17, 15) is 4.79 Å². The van der Waals surface area contributed by atoms with Crippen LogP contribution in [0.25, 0.3) is 0 Å². The van der Waals surface area contributed by atoms with Gasteiger partial charge >= 0.3 is 5.97 Å². The third kappa shape index (κ3) is 3.82. The molecular weight excluding hydrogens is 298 g/mol. The Kier molecular flexibility index (Phi) is 5.97. The molecule has 0 radical (unpaired) electrons. The smallest absolute Gasteiger partial charge is 0.308 e. The minimum Gasteiger partial charge on any atom is -0.469 e. The van der Waals surface area contributed by atoms with Crippen molar-refractivity contribution >= 4 is 23.3 Å². The van der Waals surface area contributed by atoms with Crippen molar-refractivity contribution in [1.29, 1.82) is 0 Å². The lowest BCUT2D eigenvalue weighted by Crippen LogP contribution is -2.38. The van der Waals surface area contributed by atoms with E-state index >= 15 is 0 Å². The van der Waals surface area contributed by atoms with Gasteiger partial charge in [-0.3, -0.25) is 4.79 Å². The van der Waals surface area contributed by atoms with Crippen molar-refractivity contribution in [3.05, 3.63) is 6.33 Å². The number of nitrogen functional groups attached to an aromatic ring is 1. The molecule has 128 valence electrons. The number of rotatable bonds is 6. The van der Waals surface area contributed by atoms with Gasteiger partial charge in [0.25, 0.3) is 0 Å². The first kappa shape index (κ1) is 17.3. The average molecular weight is 323 g/mol. The number of methoxy groups -OCH3 is 1. The second kappa shape index (κ2) is 7.96. The van der Waals surface area contributed by atoms with Gasteiger partial charge in [0.1, 0.15) is 12.0 Å². The van der Waals surface area contributed by atoms with E-state index in [1.807, 2.05) is 11.8 Å². The van der Waals surface area contributed by atoms with E-state index in [0.29, 0.717) is 43.5 Å². The molecule has 0 saturated carbocycles. The largest absolute Gasteiger partial charge is 0.469 e. The first-order chi connectivity index (χ1) is 11.1. The van der Waals surface area contributed by atoms with E-state index in [0.717, 1.165) is 12.8 Å². The molecule has 0 aromatic carbocycles. The maximum absolute atomic E-state index is 11.6. The molecule has 0 bridgehead atoms. The summed E-state index contributed by atoms with van der Waals surface area (Å²) in [5.41, 5.74) is 6.77. The van der Waals surface area contributed by atoms with Crippen LogP contribution in [0.2, 0.25) is 0 Å². The molecule has 8 nitrogen and oxygen atoms in total. The predicted molar refractivity (Wildman–Crippen MR) is 88.4 cm³/mol. The fourth-order valence-corrected chi connectivity index (χ4v) is 2.91. The van der Waals surface area contributed by atoms with Gasteiger partial charge in [0.15, 0.2) is 11.6 Å². The molecule has 2 heterocycles. The van der Waals surface area contributed by atoms with Gasteiger partial charge in [-0.15, -0.1) is 0 Å². The van der Waals surface area contributed by atoms with Gasteiger partial charge in [-0.25, -0.2) is 9.97 Å². The fraction of sp³-hybridized carbons (Fsp3) is 0.667. The Balaban J connectivity index is 2.14. The highest BCUT2D eigenvalue weighted by atomic mass is 16.5. The summed E-state index contributed by atoms with van der Waals surface area (Å²) in [5, 5.41) is 9.16. The van der Waals surface area contributed by atoms with E-state index < -0.39 is 0 Å². The molecule has 3 N–H and O–H groups in total. The number of aliphatic hydroxyl groups is 1. The van der Waals surface area contributed by atoms with Crippen LogP contribution in [0.15, 0.2) is 6.33 Å². The number of aliphatic hydroxyl groups excluding tert-OH is 1. The molecule has 0 amide bonds. The van der Waals surface area contributed by atoms with Crippen molar-refractivity contribution in [2.45, 2.75) is 19.8 Å². The average Bonchev–Trinajstić information content (AvgIpc) is 2.59. The van der Waals surface area contributed by atoms with Crippen LogP contribution in [0.5, 0.6) is 0 Å². The van der Waals surface area contributed by atoms with Crippen molar-refractivity contribution in [2.24, 2.45) is 5.92 Å². The summed E-state index contributed by atoms with van der Waals surface area (Å²) >= 11 is 0. The molecule has 0 unspecified atom stereocenters. The van der Waals surface area contributed by atoms with Crippen LogP contribution in [-0.2, 0) is 9.53 Å². The van der Waals surface area contributed by atoms with E-state index in [4.69, 9.17) is 15.6 Å². The summed E-state index contributed by atoms with van der Waals surface area (Å²) in [6, 6.07) is 0. The molecule has 23 heavy (non-hydrogen) atoms. The Morgan fingerprint density at radius 3 is 2.74 bits per heavy atom. The van der Waals surface area contributed by atoms with Crippen molar-refractivity contribution < 1.29 is 14.6 Å². The lowest BCUT2D eigenvalue weighted by molar-refractivity contribution is -0.146. The zero-order valence-corrected chi connectivity index (χ0v) is 13.7. The number of aromatic nitrogens is 2. The molecule has 0 aliphatic carbocycles. The third-order valence-corrected chi connectivity index (χ3v) is 4.22. The molecular formula is C15H25N5O3. The van der Waals surface area contributed by atoms with Gasteiger partial charge < -0.3 is 25.4 Å². The molecule has 1 aliphatic rings. The number of ether oxygens (including phenoxy) is 1. The lowest BCUT2D eigenvalue weighted by atomic mass is 9.97. The van der Waals surface area contributed by atoms with Crippen LogP contribution < -0.4 is 15.5 Å². The SMILES string of the molecule is CCN(CCO)c1ncnc(N2CCC(C(=O)OC)CC2)c1N. The Labute approximate surface area is 136 Å². The van der Waals surface area contributed by atoms with E-state index in [2.05, 4.69) is 14.9 Å². The highest BCUT2D eigenvalue weighted by Crippen LogP contribution is 2.31. The summed E-state index contributed by atoms with van der Waals surface area (Å²) in [7, 11) is 1.42. The minimum atomic E-state index is -0.152. The normalized spacial score (nSPS) is 15.5. The molecule has 2 rings (SSSR count). The van der Waals surface area contributed by atoms with Gasteiger partial charge in [0, 0.05) is 26.2 Å². The fourth-order valence-electron chi connectivity index (χ4n) is 2.91. The number of carbonyl (C=O) groups is 1. The first-order valence-electron chi connectivity index (χ1n) is 7.91. The Hall–Kier alpha value is -2.09. The number of piperidine rings is 1. The number of nitrogens with two attached hydrogens (primary N) is 1. The van der Waals surface area contributed by atoms with E-state index in [1.54, 1.807) is 0 Å². The number of likely N-dealkylation sites (N-methyl/N-ethyl adjacent to an activating group) is 1. The summed E-state index contributed by atoms with van der Waals surface area (Å²) in [6.45, 7) is 4.60. The molecule has 1 aliphatic heterocycles. The number of hydrogen-bond donors (Lipinski definition) is 2. The molecule has 0 atom stereocenters. The Morgan fingerprint density at radius 1 is 1.48 bits per heavy atom. The van der Waals surface area contributed by atoms with Gasteiger partial charge in [-0.05, 0) is 19.8 Å². The number of esters is 1. The second-order valence-electron chi connectivity index (χ2n) is 5.52. The molecule has 0 spiro atoms. The predicted octanol–water partition coefficient (Wildman–Crippen LogP) is 0.267.